The molecule has 8 heavy (non-hydrogen) atoms. The number of rotatable bonds is 1. The Hall–Kier alpha value is -0.130. The second-order valence-electron chi connectivity index (χ2n) is 3.02. The van der Waals surface area contributed by atoms with Gasteiger partial charge in [0.1, 0.15) is 0 Å². The molecular weight excluding hydrogens is 96.1 g/mol. The van der Waals surface area contributed by atoms with E-state index in [0.29, 0.717) is 0 Å². The molecule has 0 heterocycles. The SMILES string of the molecule is CC(C)[C+]1CCCC1. The van der Waals surface area contributed by atoms with E-state index in [0.717, 1.165) is 5.92 Å². The number of hydrogen-bond donors (Lipinski definition) is 0. The van der Waals surface area contributed by atoms with E-state index in [1.807, 2.05) is 0 Å². The lowest BCUT2D eigenvalue weighted by molar-refractivity contribution is 0.619. The van der Waals surface area contributed by atoms with E-state index in [-0.39, 0.29) is 0 Å². The summed E-state index contributed by atoms with van der Waals surface area (Å²) in [6.07, 6.45) is 5.73. The first kappa shape index (κ1) is 6.00. The number of hydrogen-bond acceptors (Lipinski definition) is 0. The van der Waals surface area contributed by atoms with Crippen LogP contribution in [0.15, 0.2) is 0 Å². The lowest BCUT2D eigenvalue weighted by atomic mass is 9.95. The Balaban J connectivity index is 2.24. The van der Waals surface area contributed by atoms with Crippen molar-refractivity contribution in [2.24, 2.45) is 5.92 Å². The highest BCUT2D eigenvalue weighted by Gasteiger charge is 2.28. The molecule has 1 aliphatic rings. The molecule has 0 atom stereocenters. The Morgan fingerprint density at radius 2 is 1.62 bits per heavy atom. The van der Waals surface area contributed by atoms with Gasteiger partial charge < -0.3 is 0 Å². The summed E-state index contributed by atoms with van der Waals surface area (Å²) in [5.41, 5.74) is 0. The van der Waals surface area contributed by atoms with Crippen molar-refractivity contribution in [3.8, 4) is 0 Å². The molecule has 1 aliphatic carbocycles. The summed E-state index contributed by atoms with van der Waals surface area (Å²) in [7, 11) is 0. The lowest BCUT2D eigenvalue weighted by Crippen LogP contribution is -1.98. The fraction of sp³-hybridized carbons (Fsp3) is 0.875. The van der Waals surface area contributed by atoms with E-state index in [2.05, 4.69) is 13.8 Å². The van der Waals surface area contributed by atoms with Crippen LogP contribution in [-0.2, 0) is 0 Å². The quantitative estimate of drug-likeness (QED) is 0.456. The van der Waals surface area contributed by atoms with Crippen molar-refractivity contribution < 1.29 is 0 Å². The normalized spacial score (nSPS) is 20.6. The molecule has 0 unspecified atom stereocenters. The molecular formula is C8H15+. The van der Waals surface area contributed by atoms with E-state index in [1.54, 1.807) is 5.92 Å². The molecule has 0 N–H and O–H groups in total. The molecule has 0 aliphatic heterocycles. The molecule has 0 nitrogen and oxygen atoms in total. The molecule has 0 spiro atoms. The maximum atomic E-state index is 2.31. The second-order valence-corrected chi connectivity index (χ2v) is 3.02. The van der Waals surface area contributed by atoms with Crippen LogP contribution in [-0.4, -0.2) is 0 Å². The fourth-order valence-corrected chi connectivity index (χ4v) is 1.41. The van der Waals surface area contributed by atoms with Crippen LogP contribution in [0.2, 0.25) is 0 Å². The summed E-state index contributed by atoms with van der Waals surface area (Å²) in [5.74, 6) is 2.66. The van der Waals surface area contributed by atoms with Crippen LogP contribution in [0.25, 0.3) is 0 Å². The van der Waals surface area contributed by atoms with Crippen molar-refractivity contribution in [3.63, 3.8) is 0 Å². The van der Waals surface area contributed by atoms with E-state index in [1.165, 1.54) is 25.7 Å². The van der Waals surface area contributed by atoms with Crippen LogP contribution in [0, 0.1) is 11.8 Å². The van der Waals surface area contributed by atoms with Crippen molar-refractivity contribution in [1.29, 1.82) is 0 Å². The maximum Gasteiger partial charge on any atom is 0.0946 e. The van der Waals surface area contributed by atoms with Gasteiger partial charge in [-0.3, -0.25) is 0 Å². The molecule has 46 valence electrons. The summed E-state index contributed by atoms with van der Waals surface area (Å²) in [4.78, 5) is 0. The largest absolute Gasteiger partial charge is 0.0946 e. The monoisotopic (exact) mass is 111 g/mol. The zero-order valence-corrected chi connectivity index (χ0v) is 5.91. The van der Waals surface area contributed by atoms with Gasteiger partial charge in [-0.1, -0.05) is 0 Å². The van der Waals surface area contributed by atoms with E-state index >= 15 is 0 Å². The van der Waals surface area contributed by atoms with Gasteiger partial charge in [-0.2, -0.15) is 0 Å². The van der Waals surface area contributed by atoms with Gasteiger partial charge in [0, 0.05) is 0 Å². The summed E-state index contributed by atoms with van der Waals surface area (Å²) in [6.45, 7) is 4.61. The average molecular weight is 111 g/mol. The van der Waals surface area contributed by atoms with Gasteiger partial charge in [-0.15, -0.1) is 0 Å². The van der Waals surface area contributed by atoms with E-state index in [4.69, 9.17) is 0 Å². The van der Waals surface area contributed by atoms with E-state index in [9.17, 15) is 0 Å². The topological polar surface area (TPSA) is 0 Å². The summed E-state index contributed by atoms with van der Waals surface area (Å²) < 4.78 is 0. The molecule has 0 saturated heterocycles. The van der Waals surface area contributed by atoms with Gasteiger partial charge in [0.2, 0.25) is 0 Å². The molecule has 0 amide bonds. The van der Waals surface area contributed by atoms with Gasteiger partial charge in [0.25, 0.3) is 0 Å². The van der Waals surface area contributed by atoms with Crippen LogP contribution < -0.4 is 0 Å². The molecule has 0 radical (unpaired) electrons. The van der Waals surface area contributed by atoms with Crippen LogP contribution in [0.4, 0.5) is 0 Å². The first-order valence-corrected chi connectivity index (χ1v) is 3.65. The molecule has 1 saturated carbocycles. The Kier molecular flexibility index (Phi) is 1.82. The van der Waals surface area contributed by atoms with Crippen LogP contribution >= 0.6 is 0 Å². The standard InChI is InChI=1S/C8H15/c1-7(2)8-5-3-4-6-8/h7H,3-6H2,1-2H3/q+1. The first-order chi connectivity index (χ1) is 3.80. The van der Waals surface area contributed by atoms with Crippen LogP contribution in [0.1, 0.15) is 39.5 Å². The third-order valence-corrected chi connectivity index (χ3v) is 2.06. The van der Waals surface area contributed by atoms with Gasteiger partial charge >= 0.3 is 0 Å². The zero-order chi connectivity index (χ0) is 5.98. The predicted molar refractivity (Wildman–Crippen MR) is 36.5 cm³/mol. The molecule has 1 fully saturated rings. The van der Waals surface area contributed by atoms with Crippen molar-refractivity contribution in [2.45, 2.75) is 39.5 Å². The molecule has 0 aromatic heterocycles. The minimum atomic E-state index is 0.859. The molecule has 0 aromatic rings. The molecule has 0 aromatic carbocycles. The smallest absolute Gasteiger partial charge is 0.0216 e. The van der Waals surface area contributed by atoms with Gasteiger partial charge in [0.15, 0.2) is 0 Å². The van der Waals surface area contributed by atoms with Crippen LogP contribution in [0.3, 0.4) is 0 Å². The lowest BCUT2D eigenvalue weighted by Gasteiger charge is -1.99. The summed E-state index contributed by atoms with van der Waals surface area (Å²) in [5, 5.41) is 0. The van der Waals surface area contributed by atoms with E-state index < -0.39 is 0 Å². The minimum Gasteiger partial charge on any atom is -0.0216 e. The minimum absolute atomic E-state index is 0.859. The van der Waals surface area contributed by atoms with Gasteiger partial charge in [-0.25, -0.2) is 0 Å². The third-order valence-electron chi connectivity index (χ3n) is 2.06. The first-order valence-electron chi connectivity index (χ1n) is 3.65. The maximum absolute atomic E-state index is 2.31. The highest BCUT2D eigenvalue weighted by atomic mass is 14.2. The van der Waals surface area contributed by atoms with Gasteiger partial charge in [-0.05, 0) is 26.7 Å². The Bertz CT molecular complexity index is 58.4. The Morgan fingerprint density at radius 3 is 1.88 bits per heavy atom. The Labute approximate surface area is 52.3 Å². The zero-order valence-electron chi connectivity index (χ0n) is 5.91. The molecule has 1 rings (SSSR count). The third kappa shape index (κ3) is 1.18. The fourth-order valence-electron chi connectivity index (χ4n) is 1.41. The molecule has 0 heteroatoms. The summed E-state index contributed by atoms with van der Waals surface area (Å²) in [6, 6.07) is 0. The van der Waals surface area contributed by atoms with Crippen molar-refractivity contribution in [1.82, 2.24) is 0 Å². The van der Waals surface area contributed by atoms with Gasteiger partial charge in [0.05, 0.1) is 24.7 Å². The summed E-state index contributed by atoms with van der Waals surface area (Å²) >= 11 is 0. The van der Waals surface area contributed by atoms with Crippen molar-refractivity contribution in [3.05, 3.63) is 5.92 Å². The second kappa shape index (κ2) is 2.43. The van der Waals surface area contributed by atoms with Crippen LogP contribution in [0.5, 0.6) is 0 Å². The predicted octanol–water partition coefficient (Wildman–Crippen LogP) is 2.79. The highest BCUT2D eigenvalue weighted by molar-refractivity contribution is 4.96. The van der Waals surface area contributed by atoms with Crippen molar-refractivity contribution in [2.75, 3.05) is 0 Å². The molecule has 0 bridgehead atoms. The van der Waals surface area contributed by atoms with Crippen molar-refractivity contribution >= 4 is 0 Å². The highest BCUT2D eigenvalue weighted by Crippen LogP contribution is 2.32. The Morgan fingerprint density at radius 1 is 1.12 bits per heavy atom. The average Bonchev–Trinajstić information content (AvgIpc) is 2.12.